The number of carbonyl (C=O) groups excluding carboxylic acids is 1. The van der Waals surface area contributed by atoms with Gasteiger partial charge >= 0.3 is 0 Å². The number of para-hydroxylation sites is 1. The van der Waals surface area contributed by atoms with Crippen LogP contribution in [0.3, 0.4) is 0 Å². The Balaban J connectivity index is 0.00000676. The Labute approximate surface area is 180 Å². The van der Waals surface area contributed by atoms with E-state index >= 15 is 0 Å². The van der Waals surface area contributed by atoms with Gasteiger partial charge < -0.3 is 20.7 Å². The average molecular weight is 488 g/mol. The predicted octanol–water partition coefficient (Wildman–Crippen LogP) is 3.23. The van der Waals surface area contributed by atoms with Gasteiger partial charge in [-0.2, -0.15) is 0 Å². The largest absolute Gasteiger partial charge is 0.489 e. The lowest BCUT2D eigenvalue weighted by Gasteiger charge is -2.14. The normalized spacial score (nSPS) is 11.7. The molecule has 0 heterocycles. The summed E-state index contributed by atoms with van der Waals surface area (Å²) in [6.45, 7) is 12.0. The molecular formula is C20H33IN4O2. The van der Waals surface area contributed by atoms with Crippen molar-refractivity contribution >= 4 is 35.8 Å². The maximum atomic E-state index is 11.8. The molecular weight excluding hydrogens is 455 g/mol. The van der Waals surface area contributed by atoms with Gasteiger partial charge in [0.05, 0.1) is 6.54 Å². The van der Waals surface area contributed by atoms with Crippen molar-refractivity contribution in [3.8, 4) is 5.75 Å². The third-order valence-corrected chi connectivity index (χ3v) is 3.75. The minimum atomic E-state index is 0. The fourth-order valence-corrected chi connectivity index (χ4v) is 2.17. The van der Waals surface area contributed by atoms with Gasteiger partial charge in [-0.15, -0.1) is 24.0 Å². The fourth-order valence-electron chi connectivity index (χ4n) is 2.17. The molecule has 0 bridgehead atoms. The molecule has 27 heavy (non-hydrogen) atoms. The van der Waals surface area contributed by atoms with Gasteiger partial charge in [0.25, 0.3) is 0 Å². The molecule has 152 valence electrons. The molecule has 1 atom stereocenters. The summed E-state index contributed by atoms with van der Waals surface area (Å²) in [5.74, 6) is 1.54. The first-order chi connectivity index (χ1) is 12.6. The highest BCUT2D eigenvalue weighted by Gasteiger charge is 2.06. The Bertz CT molecular complexity index is 593. The van der Waals surface area contributed by atoms with E-state index < -0.39 is 0 Å². The molecule has 7 heteroatoms. The van der Waals surface area contributed by atoms with Crippen molar-refractivity contribution < 1.29 is 9.53 Å². The zero-order chi connectivity index (χ0) is 19.2. The monoisotopic (exact) mass is 488 g/mol. The van der Waals surface area contributed by atoms with Crippen LogP contribution in [0.2, 0.25) is 0 Å². The third kappa shape index (κ3) is 10.8. The number of nitrogens with zero attached hydrogens (tertiary/aromatic N) is 1. The van der Waals surface area contributed by atoms with Crippen LogP contribution in [-0.4, -0.2) is 37.6 Å². The van der Waals surface area contributed by atoms with E-state index in [4.69, 9.17) is 4.74 Å². The summed E-state index contributed by atoms with van der Waals surface area (Å²) in [7, 11) is 0. The summed E-state index contributed by atoms with van der Waals surface area (Å²) in [5.41, 5.74) is 1.00. The molecule has 1 aromatic rings. The van der Waals surface area contributed by atoms with E-state index in [0.29, 0.717) is 32.1 Å². The summed E-state index contributed by atoms with van der Waals surface area (Å²) in [6.07, 6.45) is 3.06. The minimum absolute atomic E-state index is 0. The van der Waals surface area contributed by atoms with Gasteiger partial charge in [0.2, 0.25) is 5.91 Å². The van der Waals surface area contributed by atoms with Crippen LogP contribution in [0.1, 0.15) is 39.2 Å². The van der Waals surface area contributed by atoms with Crippen LogP contribution in [0.5, 0.6) is 5.75 Å². The van der Waals surface area contributed by atoms with Gasteiger partial charge in [0.15, 0.2) is 5.96 Å². The summed E-state index contributed by atoms with van der Waals surface area (Å²) in [4.78, 5) is 16.4. The SMILES string of the molecule is C=CCOc1ccccc1CN=C(NCC)NCCC(=O)NC(C)CC.I. The average Bonchev–Trinajstić information content (AvgIpc) is 2.64. The number of ether oxygens (including phenoxy) is 1. The predicted molar refractivity (Wildman–Crippen MR) is 123 cm³/mol. The molecule has 6 nitrogen and oxygen atoms in total. The van der Waals surface area contributed by atoms with Gasteiger partial charge in [0.1, 0.15) is 12.4 Å². The van der Waals surface area contributed by atoms with Gasteiger partial charge in [0, 0.05) is 31.1 Å². The topological polar surface area (TPSA) is 74.8 Å². The Morgan fingerprint density at radius 2 is 2.04 bits per heavy atom. The molecule has 1 amide bonds. The van der Waals surface area contributed by atoms with Crippen molar-refractivity contribution in [3.63, 3.8) is 0 Å². The van der Waals surface area contributed by atoms with Gasteiger partial charge in [-0.05, 0) is 26.3 Å². The summed E-state index contributed by atoms with van der Waals surface area (Å²) in [6, 6.07) is 8.02. The van der Waals surface area contributed by atoms with Crippen LogP contribution >= 0.6 is 24.0 Å². The number of hydrogen-bond acceptors (Lipinski definition) is 3. The zero-order valence-electron chi connectivity index (χ0n) is 16.6. The Morgan fingerprint density at radius 3 is 2.70 bits per heavy atom. The second-order valence-electron chi connectivity index (χ2n) is 5.96. The van der Waals surface area contributed by atoms with Crippen molar-refractivity contribution in [1.29, 1.82) is 0 Å². The van der Waals surface area contributed by atoms with Gasteiger partial charge in [-0.25, -0.2) is 4.99 Å². The summed E-state index contributed by atoms with van der Waals surface area (Å²) in [5, 5.41) is 9.34. The van der Waals surface area contributed by atoms with Crippen molar-refractivity contribution in [1.82, 2.24) is 16.0 Å². The maximum absolute atomic E-state index is 11.8. The fraction of sp³-hybridized carbons (Fsp3) is 0.500. The molecule has 1 rings (SSSR count). The lowest BCUT2D eigenvalue weighted by Crippen LogP contribution is -2.40. The second kappa shape index (κ2) is 15.3. The molecule has 0 radical (unpaired) electrons. The first-order valence-electron chi connectivity index (χ1n) is 9.23. The molecule has 0 aliphatic rings. The first kappa shape index (κ1) is 25.2. The highest BCUT2D eigenvalue weighted by molar-refractivity contribution is 14.0. The third-order valence-electron chi connectivity index (χ3n) is 3.75. The van der Waals surface area contributed by atoms with Crippen LogP contribution < -0.4 is 20.7 Å². The van der Waals surface area contributed by atoms with Crippen molar-refractivity contribution in [2.24, 2.45) is 4.99 Å². The number of rotatable bonds is 11. The number of benzene rings is 1. The molecule has 0 saturated carbocycles. The lowest BCUT2D eigenvalue weighted by molar-refractivity contribution is -0.121. The highest BCUT2D eigenvalue weighted by atomic mass is 127. The molecule has 0 fully saturated rings. The van der Waals surface area contributed by atoms with E-state index in [1.165, 1.54) is 0 Å². The van der Waals surface area contributed by atoms with Crippen LogP contribution in [0.4, 0.5) is 0 Å². The number of hydrogen-bond donors (Lipinski definition) is 3. The zero-order valence-corrected chi connectivity index (χ0v) is 18.9. The quantitative estimate of drug-likeness (QED) is 0.194. The number of amides is 1. The van der Waals surface area contributed by atoms with Crippen molar-refractivity contribution in [2.45, 2.75) is 46.2 Å². The Kier molecular flexibility index (Phi) is 14.3. The summed E-state index contributed by atoms with van der Waals surface area (Å²) >= 11 is 0. The molecule has 0 aliphatic heterocycles. The lowest BCUT2D eigenvalue weighted by atomic mass is 10.2. The van der Waals surface area contributed by atoms with Crippen LogP contribution in [-0.2, 0) is 11.3 Å². The van der Waals surface area contributed by atoms with E-state index in [2.05, 4.69) is 34.4 Å². The smallest absolute Gasteiger partial charge is 0.221 e. The maximum Gasteiger partial charge on any atom is 0.221 e. The molecule has 0 aromatic heterocycles. The Hall–Kier alpha value is -1.77. The highest BCUT2D eigenvalue weighted by Crippen LogP contribution is 2.18. The molecule has 3 N–H and O–H groups in total. The Morgan fingerprint density at radius 1 is 1.30 bits per heavy atom. The number of nitrogens with one attached hydrogen (secondary N) is 3. The van der Waals surface area contributed by atoms with E-state index in [-0.39, 0.29) is 35.9 Å². The number of aliphatic imine (C=N–C) groups is 1. The van der Waals surface area contributed by atoms with Gasteiger partial charge in [-0.3, -0.25) is 4.79 Å². The number of carbonyl (C=O) groups is 1. The number of halogens is 1. The van der Waals surface area contributed by atoms with Crippen LogP contribution in [0.15, 0.2) is 41.9 Å². The standard InChI is InChI=1S/C20H32N4O2.HI/c1-5-14-26-18-11-9-8-10-17(18)15-23-20(21-7-3)22-13-12-19(25)24-16(4)6-2;/h5,8-11,16H,1,6-7,12-15H2,2-4H3,(H,24,25)(H2,21,22,23);1H. The van der Waals surface area contributed by atoms with Crippen molar-refractivity contribution in [2.75, 3.05) is 19.7 Å². The van der Waals surface area contributed by atoms with E-state index in [0.717, 1.165) is 24.3 Å². The minimum Gasteiger partial charge on any atom is -0.489 e. The first-order valence-corrected chi connectivity index (χ1v) is 9.23. The molecule has 1 unspecified atom stereocenters. The van der Waals surface area contributed by atoms with E-state index in [1.54, 1.807) is 6.08 Å². The van der Waals surface area contributed by atoms with E-state index in [9.17, 15) is 4.79 Å². The van der Waals surface area contributed by atoms with E-state index in [1.807, 2.05) is 38.1 Å². The molecule has 0 aliphatic carbocycles. The number of guanidine groups is 1. The van der Waals surface area contributed by atoms with Gasteiger partial charge in [-0.1, -0.05) is 37.8 Å². The summed E-state index contributed by atoms with van der Waals surface area (Å²) < 4.78 is 5.66. The molecule has 0 spiro atoms. The van der Waals surface area contributed by atoms with Crippen LogP contribution in [0.25, 0.3) is 0 Å². The molecule has 1 aromatic carbocycles. The second-order valence-corrected chi connectivity index (χ2v) is 5.96. The van der Waals surface area contributed by atoms with Crippen molar-refractivity contribution in [3.05, 3.63) is 42.5 Å². The van der Waals surface area contributed by atoms with Crippen LogP contribution in [0, 0.1) is 0 Å². The molecule has 0 saturated heterocycles.